The number of ether oxygens (including phenoxy) is 1. The Labute approximate surface area is 191 Å². The summed E-state index contributed by atoms with van der Waals surface area (Å²) in [7, 11) is 1.99. The van der Waals surface area contributed by atoms with Crippen molar-refractivity contribution in [3.8, 4) is 11.1 Å². The molecule has 33 heavy (non-hydrogen) atoms. The zero-order chi connectivity index (χ0) is 23.1. The molecule has 170 valence electrons. The maximum absolute atomic E-state index is 13.3. The first-order valence-corrected chi connectivity index (χ1v) is 11.1. The van der Waals surface area contributed by atoms with Gasteiger partial charge >= 0.3 is 5.97 Å². The molecule has 3 aromatic rings. The van der Waals surface area contributed by atoms with Crippen LogP contribution in [0.15, 0.2) is 65.4 Å². The first-order valence-electron chi connectivity index (χ1n) is 11.1. The van der Waals surface area contributed by atoms with Crippen LogP contribution in [-0.4, -0.2) is 59.4 Å². The Morgan fingerprint density at radius 3 is 2.45 bits per heavy atom. The van der Waals surface area contributed by atoms with E-state index in [1.807, 2.05) is 31.3 Å². The summed E-state index contributed by atoms with van der Waals surface area (Å²) in [4.78, 5) is 25.9. The average molecular weight is 448 g/mol. The molecule has 2 heterocycles. The van der Waals surface area contributed by atoms with E-state index in [1.54, 1.807) is 30.3 Å². The molecule has 8 nitrogen and oxygen atoms in total. The summed E-state index contributed by atoms with van der Waals surface area (Å²) in [6.07, 6.45) is 3.15. The van der Waals surface area contributed by atoms with Crippen molar-refractivity contribution in [2.75, 3.05) is 32.1 Å². The number of nitrogens with zero attached hydrogens (tertiary/aromatic N) is 2. The Balaban J connectivity index is 1.31. The van der Waals surface area contributed by atoms with Gasteiger partial charge in [0, 0.05) is 30.0 Å². The molecule has 5 rings (SSSR count). The lowest BCUT2D eigenvalue weighted by molar-refractivity contribution is -0.913. The molecule has 0 bridgehead atoms. The van der Waals surface area contributed by atoms with Crippen LogP contribution in [0.1, 0.15) is 24.0 Å². The summed E-state index contributed by atoms with van der Waals surface area (Å²) in [5.41, 5.74) is 0.885. The lowest BCUT2D eigenvalue weighted by Crippen LogP contribution is -2.54. The number of aromatic nitrogens is 1. The van der Waals surface area contributed by atoms with Crippen molar-refractivity contribution in [1.29, 1.82) is 0 Å². The summed E-state index contributed by atoms with van der Waals surface area (Å²) >= 11 is 0. The van der Waals surface area contributed by atoms with Crippen molar-refractivity contribution >= 4 is 17.7 Å². The SMILES string of the molecule is C[N@+]1(CC(=O)Nc2ccon2)CCCC1COC(=O)C1(O)c2ccccc2-c2ccccc21. The van der Waals surface area contributed by atoms with E-state index in [4.69, 9.17) is 9.26 Å². The molecule has 0 spiro atoms. The minimum atomic E-state index is -1.85. The van der Waals surface area contributed by atoms with Gasteiger partial charge < -0.3 is 24.2 Å². The van der Waals surface area contributed by atoms with E-state index in [2.05, 4.69) is 10.5 Å². The molecule has 1 aliphatic carbocycles. The van der Waals surface area contributed by atoms with Crippen LogP contribution < -0.4 is 5.32 Å². The molecule has 2 atom stereocenters. The summed E-state index contributed by atoms with van der Waals surface area (Å²) in [6, 6.07) is 16.3. The van der Waals surface area contributed by atoms with Crippen molar-refractivity contribution in [2.45, 2.75) is 24.5 Å². The van der Waals surface area contributed by atoms with Crippen molar-refractivity contribution in [2.24, 2.45) is 0 Å². The number of esters is 1. The fourth-order valence-corrected chi connectivity index (χ4v) is 5.15. The Morgan fingerprint density at radius 1 is 1.15 bits per heavy atom. The third kappa shape index (κ3) is 3.61. The number of hydrogen-bond donors (Lipinski definition) is 2. The maximum atomic E-state index is 13.3. The molecule has 2 aliphatic rings. The highest BCUT2D eigenvalue weighted by Crippen LogP contribution is 2.48. The second-order valence-electron chi connectivity index (χ2n) is 8.99. The Kier molecular flexibility index (Phi) is 5.26. The van der Waals surface area contributed by atoms with Crippen molar-refractivity contribution < 1.29 is 28.4 Å². The van der Waals surface area contributed by atoms with Crippen molar-refractivity contribution in [1.82, 2.24) is 5.16 Å². The highest BCUT2D eigenvalue weighted by Gasteiger charge is 2.50. The minimum Gasteiger partial charge on any atom is -0.457 e. The van der Waals surface area contributed by atoms with Crippen LogP contribution in [-0.2, 0) is 19.9 Å². The number of rotatable bonds is 6. The number of carbonyl (C=O) groups is 2. The van der Waals surface area contributed by atoms with E-state index in [1.165, 1.54) is 6.26 Å². The van der Waals surface area contributed by atoms with Crippen LogP contribution >= 0.6 is 0 Å². The maximum Gasteiger partial charge on any atom is 0.347 e. The molecule has 2 aromatic carbocycles. The fraction of sp³-hybridized carbons (Fsp3) is 0.320. The number of quaternary nitrogens is 1. The van der Waals surface area contributed by atoms with Crippen LogP contribution in [0.4, 0.5) is 5.82 Å². The van der Waals surface area contributed by atoms with Gasteiger partial charge in [-0.15, -0.1) is 0 Å². The van der Waals surface area contributed by atoms with Crippen molar-refractivity contribution in [3.05, 3.63) is 72.0 Å². The van der Waals surface area contributed by atoms with Gasteiger partial charge in [0.05, 0.1) is 13.6 Å². The summed E-state index contributed by atoms with van der Waals surface area (Å²) in [5, 5.41) is 18.0. The molecule has 1 aliphatic heterocycles. The molecule has 0 radical (unpaired) electrons. The number of hydrogen-bond acceptors (Lipinski definition) is 6. The van der Waals surface area contributed by atoms with Crippen LogP contribution in [0, 0.1) is 0 Å². The minimum absolute atomic E-state index is 0.0486. The van der Waals surface area contributed by atoms with Gasteiger partial charge in [0.2, 0.25) is 5.60 Å². The van der Waals surface area contributed by atoms with Crippen LogP contribution in [0.25, 0.3) is 11.1 Å². The first-order chi connectivity index (χ1) is 15.9. The lowest BCUT2D eigenvalue weighted by atomic mass is 9.91. The van der Waals surface area contributed by atoms with E-state index in [0.717, 1.165) is 30.5 Å². The summed E-state index contributed by atoms with van der Waals surface area (Å²) in [6.45, 7) is 1.15. The zero-order valence-electron chi connectivity index (χ0n) is 18.4. The molecule has 2 N–H and O–H groups in total. The number of amides is 1. The lowest BCUT2D eigenvalue weighted by Gasteiger charge is -2.35. The van der Waals surface area contributed by atoms with Gasteiger partial charge in [0.1, 0.15) is 18.9 Å². The molecule has 1 unspecified atom stereocenters. The number of aliphatic hydroxyl groups is 1. The van der Waals surface area contributed by atoms with Gasteiger partial charge in [0.25, 0.3) is 5.91 Å². The van der Waals surface area contributed by atoms with Gasteiger partial charge in [0.15, 0.2) is 12.4 Å². The predicted molar refractivity (Wildman–Crippen MR) is 120 cm³/mol. The molecule has 1 fully saturated rings. The number of nitrogens with one attached hydrogen (secondary N) is 1. The van der Waals surface area contributed by atoms with Crippen LogP contribution in [0.5, 0.6) is 0 Å². The smallest absolute Gasteiger partial charge is 0.347 e. The topological polar surface area (TPSA) is 102 Å². The Bertz CT molecular complexity index is 1150. The third-order valence-corrected chi connectivity index (χ3v) is 6.92. The van der Waals surface area contributed by atoms with Crippen molar-refractivity contribution in [3.63, 3.8) is 0 Å². The number of likely N-dealkylation sites (N-methyl/N-ethyl adjacent to an activating group) is 1. The third-order valence-electron chi connectivity index (χ3n) is 6.92. The molecular weight excluding hydrogens is 422 g/mol. The Hall–Kier alpha value is -3.49. The Morgan fingerprint density at radius 2 is 1.82 bits per heavy atom. The molecular formula is C25H26N3O5+. The van der Waals surface area contributed by atoms with Gasteiger partial charge in [-0.3, -0.25) is 4.79 Å². The molecule has 1 aromatic heterocycles. The zero-order valence-corrected chi connectivity index (χ0v) is 18.4. The average Bonchev–Trinajstić information content (AvgIpc) is 3.51. The fourth-order valence-electron chi connectivity index (χ4n) is 5.15. The van der Waals surface area contributed by atoms with Gasteiger partial charge in [-0.1, -0.05) is 53.7 Å². The largest absolute Gasteiger partial charge is 0.457 e. The van der Waals surface area contributed by atoms with Crippen LogP contribution in [0.2, 0.25) is 0 Å². The molecule has 0 saturated carbocycles. The highest BCUT2D eigenvalue weighted by atomic mass is 16.6. The van der Waals surface area contributed by atoms with Gasteiger partial charge in [-0.05, 0) is 11.1 Å². The number of carbonyl (C=O) groups excluding carboxylic acids is 2. The van der Waals surface area contributed by atoms with E-state index in [-0.39, 0.29) is 25.1 Å². The highest BCUT2D eigenvalue weighted by molar-refractivity contribution is 5.96. The second-order valence-corrected chi connectivity index (χ2v) is 8.99. The molecule has 8 heteroatoms. The van der Waals surface area contributed by atoms with Gasteiger partial charge in [-0.2, -0.15) is 0 Å². The second kappa shape index (κ2) is 8.13. The van der Waals surface area contributed by atoms with Crippen LogP contribution in [0.3, 0.4) is 0 Å². The number of fused-ring (bicyclic) bond motifs is 3. The van der Waals surface area contributed by atoms with Gasteiger partial charge in [-0.25, -0.2) is 4.79 Å². The standard InChI is InChI=1S/C25H25N3O5/c1-28(15-23(29)26-22-12-14-33-27-22)13-6-7-17(28)16-32-24(30)25(31)20-10-4-2-8-18(20)19-9-3-5-11-21(19)25/h2-5,8-12,14,17,31H,6-7,13,15-16H2,1H3/p+1/t17?,28-/m1/s1. The quantitative estimate of drug-likeness (QED) is 0.444. The monoisotopic (exact) mass is 448 g/mol. The van der Waals surface area contributed by atoms with E-state index in [0.29, 0.717) is 21.4 Å². The normalized spacial score (nSPS) is 22.4. The first kappa shape index (κ1) is 21.4. The van der Waals surface area contributed by atoms with E-state index >= 15 is 0 Å². The summed E-state index contributed by atoms with van der Waals surface area (Å²) < 4.78 is 10.9. The number of likely N-dealkylation sites (tertiary alicyclic amines) is 1. The molecule has 1 saturated heterocycles. The number of anilines is 1. The summed E-state index contributed by atoms with van der Waals surface area (Å²) in [5.74, 6) is -0.498. The predicted octanol–water partition coefficient (Wildman–Crippen LogP) is 2.68. The molecule has 1 amide bonds. The van der Waals surface area contributed by atoms with E-state index < -0.39 is 11.6 Å². The number of benzene rings is 2. The van der Waals surface area contributed by atoms with E-state index in [9.17, 15) is 14.7 Å².